The molecule has 0 amide bonds. The Hall–Kier alpha value is -0.990. The van der Waals surface area contributed by atoms with E-state index in [1.54, 1.807) is 0 Å². The molecule has 1 nitrogen and oxygen atoms in total. The Kier molecular flexibility index (Phi) is 10.1. The lowest BCUT2D eigenvalue weighted by Gasteiger charge is -2.31. The molecule has 0 aromatic carbocycles. The van der Waals surface area contributed by atoms with Crippen LogP contribution in [0.1, 0.15) is 52.9 Å². The Morgan fingerprint density at radius 3 is 2.57 bits per heavy atom. The van der Waals surface area contributed by atoms with E-state index in [2.05, 4.69) is 64.6 Å². The van der Waals surface area contributed by atoms with E-state index < -0.39 is 0 Å². The van der Waals surface area contributed by atoms with Gasteiger partial charge in [-0.15, -0.1) is 9.24 Å². The fraction of sp³-hybridized carbons (Fsp3) is 0.619. The van der Waals surface area contributed by atoms with Gasteiger partial charge >= 0.3 is 0 Å². The van der Waals surface area contributed by atoms with Crippen LogP contribution in [0.15, 0.2) is 36.1 Å². The third kappa shape index (κ3) is 7.90. The van der Waals surface area contributed by atoms with Crippen LogP contribution in [0.5, 0.6) is 0 Å². The van der Waals surface area contributed by atoms with Crippen molar-refractivity contribution < 1.29 is 0 Å². The summed E-state index contributed by atoms with van der Waals surface area (Å²) in [6, 6.07) is 0. The Bertz CT molecular complexity index is 472. The molecule has 1 saturated heterocycles. The van der Waals surface area contributed by atoms with E-state index in [0.29, 0.717) is 11.8 Å². The summed E-state index contributed by atoms with van der Waals surface area (Å²) in [5, 5.41) is 0. The van der Waals surface area contributed by atoms with Gasteiger partial charge in [0.25, 0.3) is 0 Å². The van der Waals surface area contributed by atoms with Crippen LogP contribution >= 0.6 is 9.24 Å². The van der Waals surface area contributed by atoms with Crippen LogP contribution in [0.3, 0.4) is 0 Å². The molecule has 1 aliphatic heterocycles. The van der Waals surface area contributed by atoms with Crippen LogP contribution in [0.25, 0.3) is 0 Å². The highest BCUT2D eigenvalue weighted by atomic mass is 31.0. The highest BCUT2D eigenvalue weighted by molar-refractivity contribution is 7.16. The minimum atomic E-state index is 0.293. The lowest BCUT2D eigenvalue weighted by Crippen LogP contribution is -2.29. The number of rotatable bonds is 7. The molecule has 1 aliphatic rings. The van der Waals surface area contributed by atoms with E-state index in [9.17, 15) is 0 Å². The molecular formula is C21H34NP. The second kappa shape index (κ2) is 11.5. The van der Waals surface area contributed by atoms with Crippen molar-refractivity contribution in [2.45, 2.75) is 52.9 Å². The summed E-state index contributed by atoms with van der Waals surface area (Å²) in [5.41, 5.74) is 2.64. The Labute approximate surface area is 146 Å². The Morgan fingerprint density at radius 1 is 1.30 bits per heavy atom. The SMILES string of the molecule is C=C(C)CC#C[C@H](/C=C\CP)C(C)/C=C(/CC)N1CCCCC1. The molecule has 0 aliphatic carbocycles. The van der Waals surface area contributed by atoms with Gasteiger partial charge in [0, 0.05) is 31.1 Å². The van der Waals surface area contributed by atoms with Crippen molar-refractivity contribution in [3.63, 3.8) is 0 Å². The van der Waals surface area contributed by atoms with Crippen molar-refractivity contribution in [2.75, 3.05) is 19.3 Å². The second-order valence-electron chi connectivity index (χ2n) is 6.56. The highest BCUT2D eigenvalue weighted by Crippen LogP contribution is 2.22. The Morgan fingerprint density at radius 2 is 2.00 bits per heavy atom. The molecule has 3 atom stereocenters. The third-order valence-corrected chi connectivity index (χ3v) is 4.56. The predicted octanol–water partition coefficient (Wildman–Crippen LogP) is 5.42. The molecule has 0 aromatic rings. The Balaban J connectivity index is 2.84. The lowest BCUT2D eigenvalue weighted by molar-refractivity contribution is 0.276. The average Bonchev–Trinajstić information content (AvgIpc) is 2.56. The van der Waals surface area contributed by atoms with Gasteiger partial charge in [0.15, 0.2) is 0 Å². The maximum absolute atomic E-state index is 3.94. The van der Waals surface area contributed by atoms with Crippen LogP contribution in [0, 0.1) is 23.7 Å². The van der Waals surface area contributed by atoms with Gasteiger partial charge in [-0.05, 0) is 44.7 Å². The molecule has 1 fully saturated rings. The molecular weight excluding hydrogens is 297 g/mol. The quantitative estimate of drug-likeness (QED) is 0.342. The number of hydrogen-bond donors (Lipinski definition) is 0. The summed E-state index contributed by atoms with van der Waals surface area (Å²) in [4.78, 5) is 2.58. The number of hydrogen-bond acceptors (Lipinski definition) is 1. The molecule has 2 unspecified atom stereocenters. The predicted molar refractivity (Wildman–Crippen MR) is 107 cm³/mol. The van der Waals surface area contributed by atoms with Crippen molar-refractivity contribution in [1.29, 1.82) is 0 Å². The molecule has 0 bridgehead atoms. The smallest absolute Gasteiger partial charge is 0.0443 e. The minimum absolute atomic E-state index is 0.293. The van der Waals surface area contributed by atoms with E-state index >= 15 is 0 Å². The minimum Gasteiger partial charge on any atom is -0.375 e. The van der Waals surface area contributed by atoms with Gasteiger partial charge in [0.1, 0.15) is 0 Å². The van der Waals surface area contributed by atoms with Gasteiger partial charge in [-0.2, -0.15) is 0 Å². The zero-order valence-corrected chi connectivity index (χ0v) is 16.4. The fourth-order valence-corrected chi connectivity index (χ4v) is 3.09. The summed E-state index contributed by atoms with van der Waals surface area (Å²) in [6.45, 7) is 13.0. The van der Waals surface area contributed by atoms with Gasteiger partial charge < -0.3 is 4.90 Å². The number of nitrogens with zero attached hydrogens (tertiary/aromatic N) is 1. The maximum Gasteiger partial charge on any atom is 0.0443 e. The first-order chi connectivity index (χ1) is 11.1. The summed E-state index contributed by atoms with van der Waals surface area (Å²) in [5.74, 6) is 7.48. The summed E-state index contributed by atoms with van der Waals surface area (Å²) in [6.07, 6.45) is 13.9. The van der Waals surface area contributed by atoms with E-state index in [1.807, 2.05) is 6.92 Å². The largest absolute Gasteiger partial charge is 0.375 e. The number of piperidine rings is 1. The van der Waals surface area contributed by atoms with Crippen molar-refractivity contribution in [3.05, 3.63) is 36.1 Å². The van der Waals surface area contributed by atoms with Crippen molar-refractivity contribution in [1.82, 2.24) is 4.90 Å². The first-order valence-corrected chi connectivity index (χ1v) is 9.85. The molecule has 0 spiro atoms. The van der Waals surface area contributed by atoms with E-state index in [-0.39, 0.29) is 0 Å². The summed E-state index contributed by atoms with van der Waals surface area (Å²) in [7, 11) is 2.76. The first kappa shape index (κ1) is 20.1. The van der Waals surface area contributed by atoms with Gasteiger partial charge in [-0.25, -0.2) is 0 Å². The van der Waals surface area contributed by atoms with E-state index in [4.69, 9.17) is 0 Å². The second-order valence-corrected chi connectivity index (χ2v) is 7.03. The normalized spacial score (nSPS) is 18.4. The first-order valence-electron chi connectivity index (χ1n) is 9.03. The molecule has 128 valence electrons. The highest BCUT2D eigenvalue weighted by Gasteiger charge is 2.15. The van der Waals surface area contributed by atoms with Crippen LogP contribution in [0.2, 0.25) is 0 Å². The molecule has 0 radical (unpaired) electrons. The van der Waals surface area contributed by atoms with Gasteiger partial charge in [0.05, 0.1) is 0 Å². The van der Waals surface area contributed by atoms with Gasteiger partial charge in [-0.3, -0.25) is 0 Å². The zero-order valence-electron chi connectivity index (χ0n) is 15.3. The molecule has 0 aromatic heterocycles. The average molecular weight is 331 g/mol. The zero-order chi connectivity index (χ0) is 17.1. The number of allylic oxidation sites excluding steroid dienone is 5. The third-order valence-electron chi connectivity index (χ3n) is 4.28. The van der Waals surface area contributed by atoms with Gasteiger partial charge in [-0.1, -0.05) is 56.1 Å². The maximum atomic E-state index is 3.94. The molecule has 0 N–H and O–H groups in total. The van der Waals surface area contributed by atoms with Gasteiger partial charge in [0.2, 0.25) is 0 Å². The van der Waals surface area contributed by atoms with Crippen molar-refractivity contribution in [2.24, 2.45) is 11.8 Å². The lowest BCUT2D eigenvalue weighted by atomic mass is 9.92. The van der Waals surface area contributed by atoms with Crippen molar-refractivity contribution >= 4 is 9.24 Å². The van der Waals surface area contributed by atoms with E-state index in [0.717, 1.165) is 24.6 Å². The molecule has 0 saturated carbocycles. The van der Waals surface area contributed by atoms with Crippen LogP contribution < -0.4 is 0 Å². The molecule has 1 rings (SSSR count). The van der Waals surface area contributed by atoms with Crippen LogP contribution in [-0.4, -0.2) is 24.2 Å². The van der Waals surface area contributed by atoms with Crippen LogP contribution in [-0.2, 0) is 0 Å². The molecule has 2 heteroatoms. The van der Waals surface area contributed by atoms with Crippen LogP contribution in [0.4, 0.5) is 0 Å². The monoisotopic (exact) mass is 331 g/mol. The standard InChI is InChI=1S/C21H34NP/c1-5-21(22-14-7-6-8-15-22)17-19(4)20(13-10-16-23)12-9-11-18(2)3/h10,13,17,19-20H,2,5-8,11,14-16,23H2,1,3-4H3/b13-10-,21-17-/t19?,20-/m1/s1. The van der Waals surface area contributed by atoms with Crippen molar-refractivity contribution in [3.8, 4) is 11.8 Å². The van der Waals surface area contributed by atoms with E-state index in [1.165, 1.54) is 38.0 Å². The topological polar surface area (TPSA) is 3.24 Å². The molecule has 23 heavy (non-hydrogen) atoms. The fourth-order valence-electron chi connectivity index (χ4n) is 2.93. The number of likely N-dealkylation sites (tertiary alicyclic amines) is 1. The molecule has 1 heterocycles. The summed E-state index contributed by atoms with van der Waals surface area (Å²) < 4.78 is 0. The summed E-state index contributed by atoms with van der Waals surface area (Å²) >= 11 is 0.